The molecule has 0 radical (unpaired) electrons. The smallest absolute Gasteiger partial charge is 0.295 e. The third-order valence-corrected chi connectivity index (χ3v) is 3.86. The first-order valence-corrected chi connectivity index (χ1v) is 7.41. The molecule has 0 atom stereocenters. The summed E-state index contributed by atoms with van der Waals surface area (Å²) in [6, 6.07) is 3.70. The van der Waals surface area contributed by atoms with Gasteiger partial charge in [0.05, 0.1) is 12.7 Å². The van der Waals surface area contributed by atoms with Gasteiger partial charge in [-0.2, -0.15) is 0 Å². The van der Waals surface area contributed by atoms with E-state index in [2.05, 4.69) is 4.98 Å². The van der Waals surface area contributed by atoms with Crippen LogP contribution in [0.2, 0.25) is 0 Å². The van der Waals surface area contributed by atoms with Gasteiger partial charge in [0, 0.05) is 29.7 Å². The van der Waals surface area contributed by atoms with Crippen molar-refractivity contribution in [3.05, 3.63) is 29.5 Å². The first-order chi connectivity index (χ1) is 10.4. The maximum Gasteiger partial charge on any atom is 0.295 e. The number of amides is 1. The summed E-state index contributed by atoms with van der Waals surface area (Å²) in [6.45, 7) is 8.11. The van der Waals surface area contributed by atoms with Crippen molar-refractivity contribution in [3.8, 4) is 5.75 Å². The minimum Gasteiger partial charge on any atom is -0.496 e. The van der Waals surface area contributed by atoms with E-state index in [-0.39, 0.29) is 6.04 Å². The molecule has 1 N–H and O–H groups in total. The Morgan fingerprint density at radius 3 is 2.55 bits per heavy atom. The number of nitrogens with one attached hydrogen (secondary N) is 1. The Bertz CT molecular complexity index is 716. The second kappa shape index (κ2) is 6.22. The predicted molar refractivity (Wildman–Crippen MR) is 86.4 cm³/mol. The highest BCUT2D eigenvalue weighted by atomic mass is 16.5. The van der Waals surface area contributed by atoms with Gasteiger partial charge in [0.1, 0.15) is 5.75 Å². The first-order valence-electron chi connectivity index (χ1n) is 7.41. The van der Waals surface area contributed by atoms with Gasteiger partial charge in [-0.05, 0) is 45.4 Å². The number of Topliss-reactive ketones (excluding diaryl/α,β-unsaturated/α-hetero) is 1. The number of carbonyl (C=O) groups is 2. The highest BCUT2D eigenvalue weighted by molar-refractivity contribution is 6.44. The largest absolute Gasteiger partial charge is 0.496 e. The third kappa shape index (κ3) is 2.71. The maximum atomic E-state index is 12.6. The number of ketones is 1. The first kappa shape index (κ1) is 16.1. The number of aromatic nitrogens is 1. The minimum atomic E-state index is -0.493. The monoisotopic (exact) mass is 302 g/mol. The molecule has 1 amide bonds. The Labute approximate surface area is 130 Å². The third-order valence-electron chi connectivity index (χ3n) is 3.86. The van der Waals surface area contributed by atoms with Crippen LogP contribution in [0.25, 0.3) is 10.9 Å². The van der Waals surface area contributed by atoms with Gasteiger partial charge in [0.15, 0.2) is 0 Å². The van der Waals surface area contributed by atoms with E-state index < -0.39 is 11.7 Å². The predicted octanol–water partition coefficient (Wildman–Crippen LogP) is 2.92. The Balaban J connectivity index is 2.46. The average Bonchev–Trinajstić information content (AvgIpc) is 2.88. The van der Waals surface area contributed by atoms with Crippen molar-refractivity contribution in [3.63, 3.8) is 0 Å². The van der Waals surface area contributed by atoms with Gasteiger partial charge < -0.3 is 14.6 Å². The fourth-order valence-electron chi connectivity index (χ4n) is 2.65. The van der Waals surface area contributed by atoms with Gasteiger partial charge in [-0.1, -0.05) is 0 Å². The normalized spacial score (nSPS) is 11.0. The molecule has 5 nitrogen and oxygen atoms in total. The number of fused-ring (bicyclic) bond motifs is 1. The molecule has 0 saturated heterocycles. The molecule has 1 aromatic heterocycles. The van der Waals surface area contributed by atoms with Crippen molar-refractivity contribution < 1.29 is 14.3 Å². The SMILES string of the molecule is CCN(C(=O)C(=O)c1c[nH]c2cc(C)c(OC)cc12)C(C)C. The molecule has 1 heterocycles. The molecular weight excluding hydrogens is 280 g/mol. The van der Waals surface area contributed by atoms with Crippen LogP contribution >= 0.6 is 0 Å². The number of aryl methyl sites for hydroxylation is 1. The van der Waals surface area contributed by atoms with E-state index in [9.17, 15) is 9.59 Å². The fourth-order valence-corrected chi connectivity index (χ4v) is 2.65. The number of hydrogen-bond donors (Lipinski definition) is 1. The molecule has 0 bridgehead atoms. The quantitative estimate of drug-likeness (QED) is 0.682. The van der Waals surface area contributed by atoms with Gasteiger partial charge in [-0.15, -0.1) is 0 Å². The molecule has 0 aliphatic carbocycles. The Morgan fingerprint density at radius 1 is 1.32 bits per heavy atom. The molecule has 0 aliphatic rings. The molecule has 0 saturated carbocycles. The number of nitrogens with zero attached hydrogens (tertiary/aromatic N) is 1. The van der Waals surface area contributed by atoms with E-state index in [0.717, 1.165) is 11.1 Å². The zero-order valence-electron chi connectivity index (χ0n) is 13.7. The standard InChI is InChI=1S/C17H22N2O3/c1-6-19(10(2)3)17(21)16(20)13-9-18-14-7-11(4)15(22-5)8-12(13)14/h7-10,18H,6H2,1-5H3. The number of hydrogen-bond acceptors (Lipinski definition) is 3. The summed E-state index contributed by atoms with van der Waals surface area (Å²) in [5, 5.41) is 0.709. The van der Waals surface area contributed by atoms with E-state index in [4.69, 9.17) is 4.74 Å². The number of benzene rings is 1. The molecule has 0 fully saturated rings. The highest BCUT2D eigenvalue weighted by Gasteiger charge is 2.26. The number of ether oxygens (including phenoxy) is 1. The van der Waals surface area contributed by atoms with Crippen LogP contribution in [-0.4, -0.2) is 41.3 Å². The van der Waals surface area contributed by atoms with E-state index in [1.807, 2.05) is 33.8 Å². The lowest BCUT2D eigenvalue weighted by Crippen LogP contribution is -2.41. The number of methoxy groups -OCH3 is 1. The van der Waals surface area contributed by atoms with Crippen molar-refractivity contribution in [1.82, 2.24) is 9.88 Å². The Morgan fingerprint density at radius 2 is 2.00 bits per heavy atom. The van der Waals surface area contributed by atoms with Crippen LogP contribution in [0.3, 0.4) is 0 Å². The second-order valence-electron chi connectivity index (χ2n) is 5.58. The lowest BCUT2D eigenvalue weighted by atomic mass is 10.1. The van der Waals surface area contributed by atoms with Crippen molar-refractivity contribution in [2.24, 2.45) is 0 Å². The van der Waals surface area contributed by atoms with Crippen LogP contribution in [0.1, 0.15) is 36.7 Å². The summed E-state index contributed by atoms with van der Waals surface area (Å²) in [7, 11) is 1.59. The lowest BCUT2D eigenvalue weighted by Gasteiger charge is -2.24. The number of likely N-dealkylation sites (N-methyl/N-ethyl adjacent to an activating group) is 1. The number of carbonyl (C=O) groups excluding carboxylic acids is 2. The summed E-state index contributed by atoms with van der Waals surface area (Å²) in [5.41, 5.74) is 2.18. The fraction of sp³-hybridized carbons (Fsp3) is 0.412. The lowest BCUT2D eigenvalue weighted by molar-refractivity contribution is -0.127. The molecule has 0 unspecified atom stereocenters. The topological polar surface area (TPSA) is 62.4 Å². The summed E-state index contributed by atoms with van der Waals surface area (Å²) in [6.07, 6.45) is 1.60. The van der Waals surface area contributed by atoms with E-state index in [1.165, 1.54) is 0 Å². The maximum absolute atomic E-state index is 12.6. The number of rotatable bonds is 5. The summed E-state index contributed by atoms with van der Waals surface area (Å²) < 4.78 is 5.30. The molecule has 1 aromatic carbocycles. The van der Waals surface area contributed by atoms with Crippen LogP contribution in [0, 0.1) is 6.92 Å². The molecule has 0 spiro atoms. The highest BCUT2D eigenvalue weighted by Crippen LogP contribution is 2.28. The molecule has 2 rings (SSSR count). The molecule has 118 valence electrons. The zero-order chi connectivity index (χ0) is 16.4. The Hall–Kier alpha value is -2.30. The van der Waals surface area contributed by atoms with Crippen LogP contribution in [0.15, 0.2) is 18.3 Å². The van der Waals surface area contributed by atoms with E-state index in [1.54, 1.807) is 24.3 Å². The van der Waals surface area contributed by atoms with Gasteiger partial charge in [-0.25, -0.2) is 0 Å². The molecule has 2 aromatic rings. The van der Waals surface area contributed by atoms with Crippen LogP contribution in [0.4, 0.5) is 0 Å². The summed E-state index contributed by atoms with van der Waals surface area (Å²) >= 11 is 0. The molecular formula is C17H22N2O3. The summed E-state index contributed by atoms with van der Waals surface area (Å²) in [4.78, 5) is 29.6. The van der Waals surface area contributed by atoms with Gasteiger partial charge >= 0.3 is 0 Å². The Kier molecular flexibility index (Phi) is 4.54. The molecule has 0 aliphatic heterocycles. The summed E-state index contributed by atoms with van der Waals surface area (Å²) in [5.74, 6) is -0.268. The van der Waals surface area contributed by atoms with E-state index in [0.29, 0.717) is 23.2 Å². The number of H-pyrrole nitrogens is 1. The van der Waals surface area contributed by atoms with Gasteiger partial charge in [-0.3, -0.25) is 9.59 Å². The molecule has 5 heteroatoms. The van der Waals surface area contributed by atoms with Crippen molar-refractivity contribution in [1.29, 1.82) is 0 Å². The van der Waals surface area contributed by atoms with Crippen molar-refractivity contribution in [2.45, 2.75) is 33.7 Å². The zero-order valence-corrected chi connectivity index (χ0v) is 13.7. The van der Waals surface area contributed by atoms with Crippen LogP contribution in [-0.2, 0) is 4.79 Å². The van der Waals surface area contributed by atoms with Crippen molar-refractivity contribution in [2.75, 3.05) is 13.7 Å². The van der Waals surface area contributed by atoms with Gasteiger partial charge in [0.25, 0.3) is 11.7 Å². The van der Waals surface area contributed by atoms with Gasteiger partial charge in [0.2, 0.25) is 0 Å². The van der Waals surface area contributed by atoms with E-state index >= 15 is 0 Å². The molecule has 22 heavy (non-hydrogen) atoms. The second-order valence-corrected chi connectivity index (χ2v) is 5.58. The average molecular weight is 302 g/mol. The van der Waals surface area contributed by atoms with Crippen LogP contribution < -0.4 is 4.74 Å². The van der Waals surface area contributed by atoms with Crippen molar-refractivity contribution >= 4 is 22.6 Å². The minimum absolute atomic E-state index is 0.0107. The van der Waals surface area contributed by atoms with Crippen LogP contribution in [0.5, 0.6) is 5.75 Å². The number of aromatic amines is 1.